The Hall–Kier alpha value is -8.46. The molecule has 0 atom stereocenters. The van der Waals surface area contributed by atoms with Crippen LogP contribution in [-0.4, -0.2) is 11.6 Å². The molecule has 0 amide bonds. The lowest BCUT2D eigenvalue weighted by Gasteiger charge is -2.21. The first-order chi connectivity index (χ1) is 39.0. The second-order valence-electron chi connectivity index (χ2n) is 21.3. The van der Waals surface area contributed by atoms with Crippen LogP contribution in [0.15, 0.2) is 243 Å². The standard InChI is InChI=1S/2C22H20O.C21H20.C13H18.2CH4/c2*1-3-17-4-6-19(7-5-17)21-12-14-22(15-13-21)20-10-8-18(9-11-20)16(2)23;1-3-17-6-10-19(11-7-17)21-14-12-20(13-15-21)18-8-4-16(2)5-9-18;1-11-7-9-13(10-8-11)12-5-3-2-4-6-12;;/h2*4-15H,3H2,1-2H3;4-15H,3H2,1-2H3;7-10,12H,2-6H2,1H3;2*1H4. The highest BCUT2D eigenvalue weighted by Crippen LogP contribution is 2.33. The quantitative estimate of drug-likeness (QED) is 0.114. The summed E-state index contributed by atoms with van der Waals surface area (Å²) in [5.41, 5.74) is 24.4. The van der Waals surface area contributed by atoms with Gasteiger partial charge in [-0.2, -0.15) is 0 Å². The fourth-order valence-electron chi connectivity index (χ4n) is 10.2. The molecule has 1 aliphatic rings. The summed E-state index contributed by atoms with van der Waals surface area (Å²) < 4.78 is 0. The summed E-state index contributed by atoms with van der Waals surface area (Å²) in [7, 11) is 0. The molecular formula is C80H86O2. The minimum absolute atomic E-state index is 0. The van der Waals surface area contributed by atoms with E-state index in [2.05, 4.69) is 229 Å². The number of aryl methyl sites for hydroxylation is 5. The number of carbonyl (C=O) groups is 2. The summed E-state index contributed by atoms with van der Waals surface area (Å²) in [5, 5.41) is 0. The molecule has 0 saturated heterocycles. The van der Waals surface area contributed by atoms with Gasteiger partial charge in [0.05, 0.1) is 0 Å². The third kappa shape index (κ3) is 17.8. The summed E-state index contributed by atoms with van der Waals surface area (Å²) >= 11 is 0. The van der Waals surface area contributed by atoms with E-state index in [0.717, 1.165) is 58.6 Å². The van der Waals surface area contributed by atoms with Gasteiger partial charge < -0.3 is 0 Å². The Bertz CT molecular complexity index is 3330. The van der Waals surface area contributed by atoms with Crippen LogP contribution in [0.25, 0.3) is 66.8 Å². The normalized spacial score (nSPS) is 11.6. The zero-order valence-electron chi connectivity index (χ0n) is 48.1. The largest absolute Gasteiger partial charge is 0.295 e. The Morgan fingerprint density at radius 3 is 0.707 bits per heavy atom. The number of benzene rings is 10. The molecule has 11 rings (SSSR count). The van der Waals surface area contributed by atoms with Gasteiger partial charge in [-0.25, -0.2) is 0 Å². The number of hydrogen-bond donors (Lipinski definition) is 0. The molecule has 418 valence electrons. The molecule has 0 aromatic heterocycles. The summed E-state index contributed by atoms with van der Waals surface area (Å²) in [5.74, 6) is 1.05. The van der Waals surface area contributed by atoms with E-state index in [9.17, 15) is 9.59 Å². The van der Waals surface area contributed by atoms with Crippen molar-refractivity contribution in [2.45, 2.75) is 121 Å². The minimum atomic E-state index is 0. The summed E-state index contributed by atoms with van der Waals surface area (Å²) in [6.45, 7) is 14.0. The van der Waals surface area contributed by atoms with E-state index in [1.54, 1.807) is 19.4 Å². The second kappa shape index (κ2) is 31.5. The Morgan fingerprint density at radius 1 is 0.293 bits per heavy atom. The highest BCUT2D eigenvalue weighted by atomic mass is 16.1. The zero-order valence-corrected chi connectivity index (χ0v) is 48.1. The number of carbonyl (C=O) groups excluding carboxylic acids is 2. The number of rotatable bonds is 12. The molecule has 1 saturated carbocycles. The van der Waals surface area contributed by atoms with Crippen LogP contribution in [0.5, 0.6) is 0 Å². The molecule has 2 nitrogen and oxygen atoms in total. The van der Waals surface area contributed by atoms with Crippen molar-refractivity contribution in [3.63, 3.8) is 0 Å². The molecule has 0 radical (unpaired) electrons. The molecule has 10 aromatic carbocycles. The molecule has 82 heavy (non-hydrogen) atoms. The average molecular weight is 1080 g/mol. The van der Waals surface area contributed by atoms with E-state index in [1.165, 1.54) is 104 Å². The van der Waals surface area contributed by atoms with E-state index < -0.39 is 0 Å². The van der Waals surface area contributed by atoms with Crippen molar-refractivity contribution in [1.29, 1.82) is 0 Å². The molecule has 0 spiro atoms. The molecule has 1 aliphatic carbocycles. The SMILES string of the molecule is C.C.CCc1ccc(-c2ccc(-c3ccc(C(C)=O)cc3)cc2)cc1.CCc1ccc(-c2ccc(-c3ccc(C(C)=O)cc3)cc2)cc1.CCc1ccc(-c2ccc(-c3ccc(C)cc3)cc2)cc1.Cc1ccc(C2CCCCC2)cc1. The van der Waals surface area contributed by atoms with Crippen LogP contribution < -0.4 is 0 Å². The van der Waals surface area contributed by atoms with Crippen molar-refractivity contribution in [3.05, 3.63) is 287 Å². The van der Waals surface area contributed by atoms with Crippen LogP contribution in [-0.2, 0) is 19.3 Å². The molecule has 10 aromatic rings. The van der Waals surface area contributed by atoms with Crippen LogP contribution in [0.3, 0.4) is 0 Å². The van der Waals surface area contributed by atoms with E-state index >= 15 is 0 Å². The molecular weight excluding hydrogens is 993 g/mol. The van der Waals surface area contributed by atoms with Crippen LogP contribution in [0.2, 0.25) is 0 Å². The van der Waals surface area contributed by atoms with Crippen LogP contribution >= 0.6 is 0 Å². The van der Waals surface area contributed by atoms with Crippen LogP contribution in [0, 0.1) is 13.8 Å². The van der Waals surface area contributed by atoms with Gasteiger partial charge in [-0.3, -0.25) is 9.59 Å². The Kier molecular flexibility index (Phi) is 24.1. The van der Waals surface area contributed by atoms with Gasteiger partial charge in [0.1, 0.15) is 0 Å². The lowest BCUT2D eigenvalue weighted by atomic mass is 9.84. The minimum Gasteiger partial charge on any atom is -0.295 e. The Morgan fingerprint density at radius 2 is 0.488 bits per heavy atom. The maximum absolute atomic E-state index is 11.3. The average Bonchev–Trinajstić information content (AvgIpc) is 3.57. The van der Waals surface area contributed by atoms with Crippen molar-refractivity contribution in [1.82, 2.24) is 0 Å². The smallest absolute Gasteiger partial charge is 0.159 e. The van der Waals surface area contributed by atoms with Crippen molar-refractivity contribution in [2.75, 3.05) is 0 Å². The molecule has 0 unspecified atom stereocenters. The fourth-order valence-corrected chi connectivity index (χ4v) is 10.2. The van der Waals surface area contributed by atoms with E-state index in [1.807, 2.05) is 48.5 Å². The third-order valence-electron chi connectivity index (χ3n) is 15.5. The van der Waals surface area contributed by atoms with Crippen LogP contribution in [0.1, 0.15) is 142 Å². The highest BCUT2D eigenvalue weighted by Gasteiger charge is 2.15. The van der Waals surface area contributed by atoms with Crippen molar-refractivity contribution in [3.8, 4) is 66.8 Å². The Balaban J connectivity index is 0.000000177. The Labute approximate surface area is 493 Å². The van der Waals surface area contributed by atoms with Crippen molar-refractivity contribution in [2.24, 2.45) is 0 Å². The maximum Gasteiger partial charge on any atom is 0.159 e. The zero-order chi connectivity index (χ0) is 56.2. The predicted molar refractivity (Wildman–Crippen MR) is 355 cm³/mol. The second-order valence-corrected chi connectivity index (χ2v) is 21.3. The first-order valence-corrected chi connectivity index (χ1v) is 28.9. The van der Waals surface area contributed by atoms with Gasteiger partial charge in [0.25, 0.3) is 0 Å². The monoisotopic (exact) mass is 1080 g/mol. The maximum atomic E-state index is 11.3. The van der Waals surface area contributed by atoms with E-state index in [4.69, 9.17) is 0 Å². The van der Waals surface area contributed by atoms with Crippen LogP contribution in [0.4, 0.5) is 0 Å². The molecule has 2 heteroatoms. The molecule has 1 fully saturated rings. The van der Waals surface area contributed by atoms with Gasteiger partial charge in [0.2, 0.25) is 0 Å². The first-order valence-electron chi connectivity index (χ1n) is 28.9. The lowest BCUT2D eigenvalue weighted by molar-refractivity contribution is 0.100. The summed E-state index contributed by atoms with van der Waals surface area (Å²) in [6, 6.07) is 85.5. The fraction of sp³-hybridized carbons (Fsp3) is 0.225. The molecule has 0 bridgehead atoms. The van der Waals surface area contributed by atoms with Crippen molar-refractivity contribution >= 4 is 11.6 Å². The number of ketones is 2. The predicted octanol–water partition coefficient (Wildman–Crippen LogP) is 22.8. The van der Waals surface area contributed by atoms with Crippen molar-refractivity contribution < 1.29 is 9.59 Å². The lowest BCUT2D eigenvalue weighted by Crippen LogP contribution is -2.04. The first kappa shape index (κ1) is 62.7. The molecule has 0 heterocycles. The van der Waals surface area contributed by atoms with Gasteiger partial charge >= 0.3 is 0 Å². The van der Waals surface area contributed by atoms with Gasteiger partial charge in [0, 0.05) is 11.1 Å². The van der Waals surface area contributed by atoms with Gasteiger partial charge in [-0.05, 0) is 155 Å². The van der Waals surface area contributed by atoms with Gasteiger partial charge in [-0.15, -0.1) is 0 Å². The molecule has 0 aliphatic heterocycles. The molecule has 0 N–H and O–H groups in total. The van der Waals surface area contributed by atoms with E-state index in [-0.39, 0.29) is 26.4 Å². The summed E-state index contributed by atoms with van der Waals surface area (Å²) in [4.78, 5) is 22.7. The topological polar surface area (TPSA) is 34.1 Å². The van der Waals surface area contributed by atoms with E-state index in [0.29, 0.717) is 0 Å². The summed E-state index contributed by atoms with van der Waals surface area (Å²) in [6.07, 6.45) is 10.3. The van der Waals surface area contributed by atoms with Gasteiger partial charge in [0.15, 0.2) is 11.6 Å². The number of hydrogen-bond acceptors (Lipinski definition) is 2. The highest BCUT2D eigenvalue weighted by molar-refractivity contribution is 5.95. The van der Waals surface area contributed by atoms with Gasteiger partial charge in [-0.1, -0.05) is 309 Å². The third-order valence-corrected chi connectivity index (χ3v) is 15.5. The number of Topliss-reactive ketones (excluding diaryl/α,β-unsaturated/α-hetero) is 2.